The summed E-state index contributed by atoms with van der Waals surface area (Å²) in [7, 11) is 0. The van der Waals surface area contributed by atoms with E-state index < -0.39 is 0 Å². The van der Waals surface area contributed by atoms with Gasteiger partial charge in [0.15, 0.2) is 0 Å². The Hall–Kier alpha value is -0.120. The lowest BCUT2D eigenvalue weighted by Gasteiger charge is -2.00. The van der Waals surface area contributed by atoms with Gasteiger partial charge in [-0.25, -0.2) is 9.97 Å². The monoisotopic (exact) mass is 264 g/mol. The van der Waals surface area contributed by atoms with Crippen molar-refractivity contribution in [2.24, 2.45) is 0 Å². The van der Waals surface area contributed by atoms with Crippen LogP contribution in [0.25, 0.3) is 4.48 Å². The molecule has 0 bridgehead atoms. The number of rotatable bonds is 0. The van der Waals surface area contributed by atoms with Crippen molar-refractivity contribution in [3.05, 3.63) is 27.8 Å². The van der Waals surface area contributed by atoms with Crippen LogP contribution in [0.3, 0.4) is 0 Å². The summed E-state index contributed by atoms with van der Waals surface area (Å²) in [4.78, 5) is 7.90. The summed E-state index contributed by atoms with van der Waals surface area (Å²) < 4.78 is 0.934. The predicted octanol–water partition coefficient (Wildman–Crippen LogP) is 3.08. The van der Waals surface area contributed by atoms with Crippen LogP contribution >= 0.6 is 39.1 Å². The first-order chi connectivity index (χ1) is 5.68. The van der Waals surface area contributed by atoms with Gasteiger partial charge >= 0.3 is 0 Å². The molecule has 0 fully saturated rings. The summed E-state index contributed by atoms with van der Waals surface area (Å²) in [6.07, 6.45) is 2.76. The van der Waals surface area contributed by atoms with Crippen molar-refractivity contribution in [1.82, 2.24) is 9.97 Å². The van der Waals surface area contributed by atoms with E-state index in [1.54, 1.807) is 0 Å². The van der Waals surface area contributed by atoms with Crippen molar-refractivity contribution < 1.29 is 0 Å². The van der Waals surface area contributed by atoms with Gasteiger partial charge in [-0.1, -0.05) is 17.7 Å². The van der Waals surface area contributed by atoms with E-state index in [-0.39, 0.29) is 5.28 Å². The van der Waals surface area contributed by atoms with Crippen LogP contribution in [0.2, 0.25) is 10.4 Å². The summed E-state index contributed by atoms with van der Waals surface area (Å²) in [5, 5.41) is 0.627. The highest BCUT2D eigenvalue weighted by Gasteiger charge is 2.18. The van der Waals surface area contributed by atoms with Crippen LogP contribution in [0.15, 0.2) is 6.08 Å². The maximum atomic E-state index is 5.85. The molecule has 2 nitrogen and oxygen atoms in total. The highest BCUT2D eigenvalue weighted by atomic mass is 79.9. The van der Waals surface area contributed by atoms with Crippen LogP contribution < -0.4 is 0 Å². The Balaban J connectivity index is 2.67. The molecule has 5 heteroatoms. The Morgan fingerprint density at radius 2 is 2.08 bits per heavy atom. The van der Waals surface area contributed by atoms with Crippen molar-refractivity contribution in [1.29, 1.82) is 0 Å². The Morgan fingerprint density at radius 3 is 2.83 bits per heavy atom. The first kappa shape index (κ1) is 8.48. The summed E-state index contributed by atoms with van der Waals surface area (Å²) in [6.45, 7) is 0. The third-order valence-electron chi connectivity index (χ3n) is 1.64. The largest absolute Gasteiger partial charge is 0.224 e. The molecule has 1 aromatic heterocycles. The molecule has 1 heterocycles. The molecule has 0 spiro atoms. The summed E-state index contributed by atoms with van der Waals surface area (Å²) in [6, 6.07) is 0. The second-order valence-corrected chi connectivity index (χ2v) is 3.92. The van der Waals surface area contributed by atoms with Gasteiger partial charge in [0.25, 0.3) is 0 Å². The SMILES string of the molecule is Clc1nc(Cl)c2c(n1)C(Br)=CC2. The molecule has 0 saturated heterocycles. The maximum absolute atomic E-state index is 5.85. The molecule has 0 aliphatic heterocycles. The number of fused-ring (bicyclic) bond motifs is 1. The van der Waals surface area contributed by atoms with Gasteiger partial charge in [0.2, 0.25) is 5.28 Å². The highest BCUT2D eigenvalue weighted by Crippen LogP contribution is 2.34. The number of nitrogens with zero attached hydrogens (tertiary/aromatic N) is 2. The Kier molecular flexibility index (Phi) is 2.10. The Bertz CT molecular complexity index is 376. The third-order valence-corrected chi connectivity index (χ3v) is 2.82. The zero-order valence-electron chi connectivity index (χ0n) is 5.81. The van der Waals surface area contributed by atoms with Crippen molar-refractivity contribution in [3.8, 4) is 0 Å². The topological polar surface area (TPSA) is 25.8 Å². The van der Waals surface area contributed by atoms with Crippen LogP contribution in [-0.4, -0.2) is 9.97 Å². The highest BCUT2D eigenvalue weighted by molar-refractivity contribution is 9.15. The summed E-state index contributed by atoms with van der Waals surface area (Å²) >= 11 is 14.8. The molecule has 1 aliphatic rings. The predicted molar refractivity (Wildman–Crippen MR) is 52.7 cm³/mol. The molecule has 62 valence electrons. The van der Waals surface area contributed by atoms with E-state index in [0.29, 0.717) is 5.15 Å². The fourth-order valence-electron chi connectivity index (χ4n) is 1.10. The summed E-state index contributed by atoms with van der Waals surface area (Å²) in [5.41, 5.74) is 1.74. The molecule has 0 N–H and O–H groups in total. The molecule has 0 atom stereocenters. The van der Waals surface area contributed by atoms with E-state index in [1.807, 2.05) is 6.08 Å². The minimum atomic E-state index is 0.186. The molecule has 0 unspecified atom stereocenters. The van der Waals surface area contributed by atoms with Gasteiger partial charge in [-0.3, -0.25) is 0 Å². The fraction of sp³-hybridized carbons (Fsp3) is 0.143. The van der Waals surface area contributed by atoms with Gasteiger partial charge in [-0.2, -0.15) is 0 Å². The molecule has 0 amide bonds. The zero-order chi connectivity index (χ0) is 8.72. The average molecular weight is 266 g/mol. The van der Waals surface area contributed by atoms with Crippen molar-refractivity contribution in [2.45, 2.75) is 6.42 Å². The molecule has 2 rings (SSSR count). The van der Waals surface area contributed by atoms with Crippen LogP contribution in [0, 0.1) is 0 Å². The summed E-state index contributed by atoms with van der Waals surface area (Å²) in [5.74, 6) is 0. The molecule has 12 heavy (non-hydrogen) atoms. The molecule has 1 aliphatic carbocycles. The third kappa shape index (κ3) is 1.26. The first-order valence-electron chi connectivity index (χ1n) is 3.26. The van der Waals surface area contributed by atoms with E-state index >= 15 is 0 Å². The van der Waals surface area contributed by atoms with Crippen molar-refractivity contribution in [3.63, 3.8) is 0 Å². The van der Waals surface area contributed by atoms with E-state index in [1.165, 1.54) is 0 Å². The standard InChI is InChI=1S/C7H3BrCl2N2/c8-4-2-1-3-5(4)11-7(10)12-6(3)9/h2H,1H2. The number of allylic oxidation sites excluding steroid dienone is 1. The van der Waals surface area contributed by atoms with Gasteiger partial charge in [-0.15, -0.1) is 0 Å². The van der Waals surface area contributed by atoms with E-state index in [4.69, 9.17) is 23.2 Å². The van der Waals surface area contributed by atoms with E-state index in [0.717, 1.165) is 22.2 Å². The van der Waals surface area contributed by atoms with Crippen LogP contribution in [0.5, 0.6) is 0 Å². The van der Waals surface area contributed by atoms with Crippen LogP contribution in [0.1, 0.15) is 11.3 Å². The quantitative estimate of drug-likeness (QED) is 0.532. The fourth-order valence-corrected chi connectivity index (χ4v) is 2.05. The van der Waals surface area contributed by atoms with Gasteiger partial charge in [0.05, 0.1) is 5.69 Å². The smallest absolute Gasteiger partial charge is 0.217 e. The molecule has 0 aromatic carbocycles. The molecular formula is C7H3BrCl2N2. The average Bonchev–Trinajstić information content (AvgIpc) is 2.33. The lowest BCUT2D eigenvalue weighted by molar-refractivity contribution is 1.10. The molecule has 0 saturated carbocycles. The minimum Gasteiger partial charge on any atom is -0.217 e. The van der Waals surface area contributed by atoms with Crippen LogP contribution in [-0.2, 0) is 6.42 Å². The number of hydrogen-bond donors (Lipinski definition) is 0. The van der Waals surface area contributed by atoms with Crippen LogP contribution in [0.4, 0.5) is 0 Å². The van der Waals surface area contributed by atoms with Gasteiger partial charge < -0.3 is 0 Å². The number of hydrogen-bond acceptors (Lipinski definition) is 2. The van der Waals surface area contributed by atoms with Crippen molar-refractivity contribution in [2.75, 3.05) is 0 Å². The lowest BCUT2D eigenvalue weighted by Crippen LogP contribution is -1.93. The second kappa shape index (κ2) is 2.98. The number of aromatic nitrogens is 2. The zero-order valence-corrected chi connectivity index (χ0v) is 8.91. The molecular weight excluding hydrogens is 263 g/mol. The first-order valence-corrected chi connectivity index (χ1v) is 4.81. The minimum absolute atomic E-state index is 0.186. The van der Waals surface area contributed by atoms with E-state index in [2.05, 4.69) is 25.9 Å². The Labute approximate surface area is 87.7 Å². The Morgan fingerprint density at radius 1 is 1.33 bits per heavy atom. The van der Waals surface area contributed by atoms with Gasteiger partial charge in [0.1, 0.15) is 5.15 Å². The van der Waals surface area contributed by atoms with Crippen molar-refractivity contribution >= 4 is 43.6 Å². The van der Waals surface area contributed by atoms with E-state index in [9.17, 15) is 0 Å². The number of halogens is 3. The normalized spacial score (nSPS) is 14.4. The van der Waals surface area contributed by atoms with Gasteiger partial charge in [0, 0.05) is 10.0 Å². The van der Waals surface area contributed by atoms with Gasteiger partial charge in [-0.05, 0) is 34.0 Å². The molecule has 1 aromatic rings. The maximum Gasteiger partial charge on any atom is 0.224 e. The lowest BCUT2D eigenvalue weighted by atomic mass is 10.2. The second-order valence-electron chi connectivity index (χ2n) is 2.37. The molecule has 0 radical (unpaired) electrons.